The molecule has 1 aromatic rings. The summed E-state index contributed by atoms with van der Waals surface area (Å²) in [6.07, 6.45) is 5.06. The molecule has 94 valence electrons. The quantitative estimate of drug-likeness (QED) is 0.820. The predicted octanol–water partition coefficient (Wildman–Crippen LogP) is 1.06. The molecular weight excluding hydrogens is 216 g/mol. The van der Waals surface area contributed by atoms with E-state index in [9.17, 15) is 4.79 Å². The lowest BCUT2D eigenvalue weighted by Crippen LogP contribution is -2.42. The highest BCUT2D eigenvalue weighted by molar-refractivity contribution is 5.24. The van der Waals surface area contributed by atoms with Crippen LogP contribution in [-0.4, -0.2) is 40.5 Å². The van der Waals surface area contributed by atoms with Crippen molar-refractivity contribution in [2.75, 3.05) is 25.0 Å². The van der Waals surface area contributed by atoms with Crippen LogP contribution in [-0.2, 0) is 0 Å². The molecule has 1 atom stereocenters. The molecule has 1 aliphatic rings. The number of nitrogens with zero attached hydrogens (tertiary/aromatic N) is 2. The topological polar surface area (TPSA) is 61.0 Å². The zero-order chi connectivity index (χ0) is 12.1. The number of H-pyrrole nitrogens is 1. The van der Waals surface area contributed by atoms with Crippen LogP contribution < -0.4 is 10.9 Å². The van der Waals surface area contributed by atoms with Crippen molar-refractivity contribution in [1.82, 2.24) is 14.9 Å². The van der Waals surface area contributed by atoms with Crippen LogP contribution >= 0.6 is 0 Å². The molecule has 5 heteroatoms. The van der Waals surface area contributed by atoms with Crippen LogP contribution in [0.5, 0.6) is 0 Å². The van der Waals surface area contributed by atoms with Crippen LogP contribution in [0.15, 0.2) is 17.1 Å². The summed E-state index contributed by atoms with van der Waals surface area (Å²) >= 11 is 0. The molecule has 1 aliphatic heterocycles. The second-order valence-electron chi connectivity index (χ2n) is 4.57. The Kier molecular flexibility index (Phi) is 4.14. The van der Waals surface area contributed by atoms with E-state index in [-0.39, 0.29) is 5.56 Å². The number of likely N-dealkylation sites (tertiary alicyclic amines) is 1. The van der Waals surface area contributed by atoms with Crippen molar-refractivity contribution in [2.45, 2.75) is 32.2 Å². The number of nitrogens with one attached hydrogen (secondary N) is 2. The molecule has 1 unspecified atom stereocenters. The first-order chi connectivity index (χ1) is 8.28. The fourth-order valence-electron chi connectivity index (χ4n) is 2.33. The number of piperidine rings is 1. The molecule has 0 radical (unpaired) electrons. The molecule has 0 amide bonds. The number of anilines is 1. The van der Waals surface area contributed by atoms with Crippen molar-refractivity contribution >= 4 is 5.95 Å². The molecular formula is C12H20N4O. The van der Waals surface area contributed by atoms with Crippen LogP contribution in [0.3, 0.4) is 0 Å². The molecule has 2 N–H and O–H groups in total. The Morgan fingerprint density at radius 3 is 3.29 bits per heavy atom. The Balaban J connectivity index is 1.92. The van der Waals surface area contributed by atoms with Crippen LogP contribution in [0.4, 0.5) is 5.95 Å². The lowest BCUT2D eigenvalue weighted by molar-refractivity contribution is 0.216. The van der Waals surface area contributed by atoms with Gasteiger partial charge in [-0.15, -0.1) is 0 Å². The van der Waals surface area contributed by atoms with Gasteiger partial charge in [-0.3, -0.25) is 9.78 Å². The number of aromatic nitrogens is 2. The summed E-state index contributed by atoms with van der Waals surface area (Å²) in [6.45, 7) is 5.57. The van der Waals surface area contributed by atoms with Gasteiger partial charge in [-0.25, -0.2) is 4.98 Å². The minimum Gasteiger partial charge on any atom is -0.352 e. The van der Waals surface area contributed by atoms with Crippen molar-refractivity contribution < 1.29 is 0 Å². The van der Waals surface area contributed by atoms with E-state index in [2.05, 4.69) is 27.1 Å². The Hall–Kier alpha value is -1.36. The lowest BCUT2D eigenvalue weighted by atomic mass is 10.1. The smallest absolute Gasteiger partial charge is 0.252 e. The molecule has 1 fully saturated rings. The number of hydrogen-bond acceptors (Lipinski definition) is 4. The van der Waals surface area contributed by atoms with E-state index in [1.807, 2.05) is 0 Å². The first-order valence-corrected chi connectivity index (χ1v) is 6.32. The maximum atomic E-state index is 11.2. The number of rotatable bonds is 4. The monoisotopic (exact) mass is 236 g/mol. The minimum atomic E-state index is -0.108. The fourth-order valence-corrected chi connectivity index (χ4v) is 2.33. The fraction of sp³-hybridized carbons (Fsp3) is 0.667. The molecule has 5 nitrogen and oxygen atoms in total. The van der Waals surface area contributed by atoms with Crippen molar-refractivity contribution in [1.29, 1.82) is 0 Å². The highest BCUT2D eigenvalue weighted by Gasteiger charge is 2.19. The summed E-state index contributed by atoms with van der Waals surface area (Å²) in [5, 5.41) is 3.30. The zero-order valence-corrected chi connectivity index (χ0v) is 10.3. The standard InChI is InChI=1S/C12H20N4O/c1-2-7-16-8-3-4-10(9-16)14-12-13-6-5-11(17)15-12/h5-6,10H,2-4,7-9H2,1H3,(H2,13,14,15,17). The second kappa shape index (κ2) is 5.82. The number of hydrogen-bond donors (Lipinski definition) is 2. The zero-order valence-electron chi connectivity index (χ0n) is 10.3. The van der Waals surface area contributed by atoms with Crippen LogP contribution in [0.2, 0.25) is 0 Å². The van der Waals surface area contributed by atoms with Gasteiger partial charge in [0.25, 0.3) is 5.56 Å². The van der Waals surface area contributed by atoms with Crippen molar-refractivity contribution in [3.63, 3.8) is 0 Å². The molecule has 2 rings (SSSR count). The Bertz CT molecular complexity index is 401. The highest BCUT2D eigenvalue weighted by atomic mass is 16.1. The van der Waals surface area contributed by atoms with Gasteiger partial charge in [0.05, 0.1) is 0 Å². The summed E-state index contributed by atoms with van der Waals surface area (Å²) in [4.78, 5) is 20.4. The van der Waals surface area contributed by atoms with Crippen molar-refractivity contribution in [3.05, 3.63) is 22.6 Å². The van der Waals surface area contributed by atoms with Crippen LogP contribution in [0.1, 0.15) is 26.2 Å². The molecule has 0 spiro atoms. The van der Waals surface area contributed by atoms with Crippen LogP contribution in [0.25, 0.3) is 0 Å². The predicted molar refractivity (Wildman–Crippen MR) is 68.2 cm³/mol. The number of aromatic amines is 1. The summed E-state index contributed by atoms with van der Waals surface area (Å²) in [5.74, 6) is 0.584. The average Bonchev–Trinajstić information content (AvgIpc) is 2.30. The van der Waals surface area contributed by atoms with Gasteiger partial charge >= 0.3 is 0 Å². The molecule has 1 aromatic heterocycles. The van der Waals surface area contributed by atoms with Gasteiger partial charge in [-0.1, -0.05) is 6.92 Å². The SMILES string of the molecule is CCCN1CCCC(Nc2nccc(=O)[nH]2)C1. The van der Waals surface area contributed by atoms with E-state index < -0.39 is 0 Å². The molecule has 0 aliphatic carbocycles. The van der Waals surface area contributed by atoms with Gasteiger partial charge in [0.1, 0.15) is 0 Å². The maximum Gasteiger partial charge on any atom is 0.252 e. The van der Waals surface area contributed by atoms with E-state index in [0.29, 0.717) is 12.0 Å². The third-order valence-corrected chi connectivity index (χ3v) is 3.06. The summed E-state index contributed by atoms with van der Waals surface area (Å²) < 4.78 is 0. The summed E-state index contributed by atoms with van der Waals surface area (Å²) in [5.41, 5.74) is -0.108. The molecule has 17 heavy (non-hydrogen) atoms. The maximum absolute atomic E-state index is 11.2. The van der Waals surface area contributed by atoms with Gasteiger partial charge in [0.2, 0.25) is 5.95 Å². The highest BCUT2D eigenvalue weighted by Crippen LogP contribution is 2.13. The second-order valence-corrected chi connectivity index (χ2v) is 4.57. The third-order valence-electron chi connectivity index (χ3n) is 3.06. The Labute approximate surface area is 101 Å². The largest absolute Gasteiger partial charge is 0.352 e. The molecule has 0 bridgehead atoms. The Morgan fingerprint density at radius 1 is 1.65 bits per heavy atom. The first-order valence-electron chi connectivity index (χ1n) is 6.32. The minimum absolute atomic E-state index is 0.108. The average molecular weight is 236 g/mol. The van der Waals surface area contributed by atoms with Gasteiger partial charge < -0.3 is 10.2 Å². The molecule has 0 saturated carbocycles. The van der Waals surface area contributed by atoms with Crippen molar-refractivity contribution in [3.8, 4) is 0 Å². The van der Waals surface area contributed by atoms with E-state index in [1.54, 1.807) is 0 Å². The summed E-state index contributed by atoms with van der Waals surface area (Å²) in [6, 6.07) is 1.82. The normalized spacial score (nSPS) is 21.4. The molecule has 0 aromatic carbocycles. The van der Waals surface area contributed by atoms with E-state index in [1.165, 1.54) is 31.6 Å². The molecule has 1 saturated heterocycles. The Morgan fingerprint density at radius 2 is 2.53 bits per heavy atom. The first kappa shape index (κ1) is 12.1. The summed E-state index contributed by atoms with van der Waals surface area (Å²) in [7, 11) is 0. The van der Waals surface area contributed by atoms with Crippen molar-refractivity contribution in [2.24, 2.45) is 0 Å². The van der Waals surface area contributed by atoms with Gasteiger partial charge in [0, 0.05) is 24.8 Å². The van der Waals surface area contributed by atoms with Gasteiger partial charge in [-0.2, -0.15) is 0 Å². The van der Waals surface area contributed by atoms with Gasteiger partial charge in [-0.05, 0) is 32.4 Å². The van der Waals surface area contributed by atoms with E-state index in [0.717, 1.165) is 19.5 Å². The van der Waals surface area contributed by atoms with Gasteiger partial charge in [0.15, 0.2) is 0 Å². The van der Waals surface area contributed by atoms with E-state index in [4.69, 9.17) is 0 Å². The molecule has 2 heterocycles. The van der Waals surface area contributed by atoms with Crippen LogP contribution in [0, 0.1) is 0 Å². The lowest BCUT2D eigenvalue weighted by Gasteiger charge is -2.32. The third kappa shape index (κ3) is 3.56. The van der Waals surface area contributed by atoms with E-state index >= 15 is 0 Å².